The van der Waals surface area contributed by atoms with Crippen LogP contribution in [0.3, 0.4) is 0 Å². The molecular formula is C12H15N5O2. The van der Waals surface area contributed by atoms with E-state index < -0.39 is 5.97 Å². The highest BCUT2D eigenvalue weighted by Gasteiger charge is 2.22. The van der Waals surface area contributed by atoms with E-state index in [1.807, 2.05) is 13.8 Å². The first kappa shape index (κ1) is 13.1. The first-order valence-corrected chi connectivity index (χ1v) is 5.90. The van der Waals surface area contributed by atoms with Gasteiger partial charge in [-0.3, -0.25) is 9.97 Å². The van der Waals surface area contributed by atoms with Crippen LogP contribution in [0.1, 0.15) is 41.6 Å². The first-order chi connectivity index (χ1) is 9.13. The predicted octanol–water partition coefficient (Wildman–Crippen LogP) is 1.03. The molecule has 2 heterocycles. The molecule has 0 aliphatic rings. The van der Waals surface area contributed by atoms with Gasteiger partial charge in [-0.25, -0.2) is 9.48 Å². The molecule has 0 saturated heterocycles. The number of esters is 1. The molecule has 2 aromatic rings. The van der Waals surface area contributed by atoms with Gasteiger partial charge in [-0.1, -0.05) is 19.1 Å². The molecule has 2 rings (SSSR count). The van der Waals surface area contributed by atoms with E-state index in [4.69, 9.17) is 4.74 Å². The molecule has 0 fully saturated rings. The maximum absolute atomic E-state index is 11.6. The van der Waals surface area contributed by atoms with Crippen molar-refractivity contribution in [1.82, 2.24) is 25.0 Å². The van der Waals surface area contributed by atoms with Gasteiger partial charge in [-0.05, 0) is 5.92 Å². The topological polar surface area (TPSA) is 82.8 Å². The third-order valence-corrected chi connectivity index (χ3v) is 2.63. The Bertz CT molecular complexity index is 565. The number of rotatable bonds is 4. The van der Waals surface area contributed by atoms with Gasteiger partial charge < -0.3 is 4.74 Å². The van der Waals surface area contributed by atoms with Gasteiger partial charge >= 0.3 is 5.97 Å². The highest BCUT2D eigenvalue weighted by atomic mass is 16.5. The van der Waals surface area contributed by atoms with Crippen LogP contribution in [0.5, 0.6) is 0 Å². The summed E-state index contributed by atoms with van der Waals surface area (Å²) >= 11 is 0. The molecule has 0 radical (unpaired) electrons. The second-order valence-corrected chi connectivity index (χ2v) is 4.32. The normalized spacial score (nSPS) is 10.7. The zero-order valence-corrected chi connectivity index (χ0v) is 11.1. The van der Waals surface area contributed by atoms with E-state index in [0.717, 1.165) is 11.4 Å². The van der Waals surface area contributed by atoms with Crippen molar-refractivity contribution in [2.75, 3.05) is 7.11 Å². The molecule has 0 spiro atoms. The summed E-state index contributed by atoms with van der Waals surface area (Å²) in [4.78, 5) is 19.8. The van der Waals surface area contributed by atoms with E-state index in [1.165, 1.54) is 7.11 Å². The zero-order chi connectivity index (χ0) is 13.8. The monoisotopic (exact) mass is 261 g/mol. The van der Waals surface area contributed by atoms with Crippen molar-refractivity contribution in [2.45, 2.75) is 26.3 Å². The zero-order valence-electron chi connectivity index (χ0n) is 11.1. The Labute approximate surface area is 110 Å². The molecule has 0 saturated carbocycles. The molecule has 2 aromatic heterocycles. The molecule has 7 heteroatoms. The third-order valence-electron chi connectivity index (χ3n) is 2.63. The van der Waals surface area contributed by atoms with Gasteiger partial charge in [0.05, 0.1) is 31.2 Å². The van der Waals surface area contributed by atoms with Crippen molar-refractivity contribution in [2.24, 2.45) is 0 Å². The largest absolute Gasteiger partial charge is 0.464 e. The first-order valence-electron chi connectivity index (χ1n) is 5.90. The summed E-state index contributed by atoms with van der Waals surface area (Å²) in [5, 5.41) is 7.89. The SMILES string of the molecule is COC(=O)c1nnn(Cc2cnccn2)c1C(C)C. The smallest absolute Gasteiger partial charge is 0.360 e. The van der Waals surface area contributed by atoms with Crippen LogP contribution in [-0.4, -0.2) is 38.0 Å². The average molecular weight is 261 g/mol. The number of hydrogen-bond donors (Lipinski definition) is 0. The van der Waals surface area contributed by atoms with E-state index >= 15 is 0 Å². The molecular weight excluding hydrogens is 246 g/mol. The Morgan fingerprint density at radius 2 is 2.21 bits per heavy atom. The van der Waals surface area contributed by atoms with E-state index in [1.54, 1.807) is 23.3 Å². The van der Waals surface area contributed by atoms with Crippen molar-refractivity contribution in [1.29, 1.82) is 0 Å². The van der Waals surface area contributed by atoms with Crippen molar-refractivity contribution in [3.63, 3.8) is 0 Å². The number of carbonyl (C=O) groups is 1. The number of carbonyl (C=O) groups excluding carboxylic acids is 1. The fourth-order valence-corrected chi connectivity index (χ4v) is 1.82. The Hall–Kier alpha value is -2.31. The second-order valence-electron chi connectivity index (χ2n) is 4.32. The summed E-state index contributed by atoms with van der Waals surface area (Å²) in [6.45, 7) is 4.36. The summed E-state index contributed by atoms with van der Waals surface area (Å²) in [5.41, 5.74) is 1.74. The standard InChI is InChI=1S/C12H15N5O2/c1-8(2)11-10(12(18)19-3)15-16-17(11)7-9-6-13-4-5-14-9/h4-6,8H,7H2,1-3H3. The van der Waals surface area contributed by atoms with Crippen molar-refractivity contribution < 1.29 is 9.53 Å². The lowest BCUT2D eigenvalue weighted by molar-refractivity contribution is 0.0592. The molecule has 0 aliphatic carbocycles. The molecule has 0 aliphatic heterocycles. The van der Waals surface area contributed by atoms with E-state index in [-0.39, 0.29) is 11.6 Å². The minimum Gasteiger partial charge on any atom is -0.464 e. The summed E-state index contributed by atoms with van der Waals surface area (Å²) in [6.07, 6.45) is 4.88. The molecule has 0 bridgehead atoms. The quantitative estimate of drug-likeness (QED) is 0.764. The summed E-state index contributed by atoms with van der Waals surface area (Å²) in [5.74, 6) is -0.380. The maximum Gasteiger partial charge on any atom is 0.360 e. The third kappa shape index (κ3) is 2.75. The predicted molar refractivity (Wildman–Crippen MR) is 66.6 cm³/mol. The van der Waals surface area contributed by atoms with Gasteiger partial charge in [-0.15, -0.1) is 5.10 Å². The molecule has 0 amide bonds. The van der Waals surface area contributed by atoms with E-state index in [2.05, 4.69) is 20.3 Å². The van der Waals surface area contributed by atoms with Crippen LogP contribution >= 0.6 is 0 Å². The summed E-state index contributed by atoms with van der Waals surface area (Å²) in [6, 6.07) is 0. The minimum absolute atomic E-state index is 0.0979. The van der Waals surface area contributed by atoms with E-state index in [9.17, 15) is 4.79 Å². The molecule has 0 unspecified atom stereocenters. The van der Waals surface area contributed by atoms with Crippen LogP contribution in [0, 0.1) is 0 Å². The average Bonchev–Trinajstić information content (AvgIpc) is 2.83. The Morgan fingerprint density at radius 1 is 1.42 bits per heavy atom. The van der Waals surface area contributed by atoms with Crippen LogP contribution < -0.4 is 0 Å². The highest BCUT2D eigenvalue weighted by molar-refractivity contribution is 5.88. The van der Waals surface area contributed by atoms with Crippen molar-refractivity contribution >= 4 is 5.97 Å². The second kappa shape index (κ2) is 5.55. The van der Waals surface area contributed by atoms with Gasteiger partial charge in [0.2, 0.25) is 0 Å². The minimum atomic E-state index is -0.478. The fourth-order valence-electron chi connectivity index (χ4n) is 1.82. The fraction of sp³-hybridized carbons (Fsp3) is 0.417. The molecule has 0 N–H and O–H groups in total. The molecule has 7 nitrogen and oxygen atoms in total. The van der Waals surface area contributed by atoms with Crippen LogP contribution in [0.4, 0.5) is 0 Å². The van der Waals surface area contributed by atoms with Crippen LogP contribution in [0.2, 0.25) is 0 Å². The van der Waals surface area contributed by atoms with Gasteiger partial charge in [-0.2, -0.15) is 0 Å². The molecule has 0 atom stereocenters. The van der Waals surface area contributed by atoms with Crippen molar-refractivity contribution in [3.8, 4) is 0 Å². The highest BCUT2D eigenvalue weighted by Crippen LogP contribution is 2.18. The van der Waals surface area contributed by atoms with Gasteiger partial charge in [0.25, 0.3) is 0 Å². The van der Waals surface area contributed by atoms with Gasteiger partial charge in [0.1, 0.15) is 0 Å². The summed E-state index contributed by atoms with van der Waals surface area (Å²) < 4.78 is 6.36. The number of aromatic nitrogens is 5. The Balaban J connectivity index is 2.36. The van der Waals surface area contributed by atoms with Gasteiger partial charge in [0, 0.05) is 12.4 Å². The number of ether oxygens (including phenoxy) is 1. The lowest BCUT2D eigenvalue weighted by atomic mass is 10.1. The number of hydrogen-bond acceptors (Lipinski definition) is 6. The van der Waals surface area contributed by atoms with Crippen LogP contribution in [0.15, 0.2) is 18.6 Å². The molecule has 19 heavy (non-hydrogen) atoms. The van der Waals surface area contributed by atoms with Gasteiger partial charge in [0.15, 0.2) is 5.69 Å². The van der Waals surface area contributed by atoms with Crippen LogP contribution in [0.25, 0.3) is 0 Å². The van der Waals surface area contributed by atoms with Crippen LogP contribution in [-0.2, 0) is 11.3 Å². The molecule has 0 aromatic carbocycles. The number of methoxy groups -OCH3 is 1. The van der Waals surface area contributed by atoms with Crippen molar-refractivity contribution in [3.05, 3.63) is 35.7 Å². The Morgan fingerprint density at radius 3 is 2.79 bits per heavy atom. The maximum atomic E-state index is 11.6. The lowest BCUT2D eigenvalue weighted by Crippen LogP contribution is -2.12. The molecule has 100 valence electrons. The van der Waals surface area contributed by atoms with E-state index in [0.29, 0.717) is 6.54 Å². The number of nitrogens with zero attached hydrogens (tertiary/aromatic N) is 5. The summed E-state index contributed by atoms with van der Waals surface area (Å²) in [7, 11) is 1.33. The lowest BCUT2D eigenvalue weighted by Gasteiger charge is -2.09. The Kier molecular flexibility index (Phi) is 3.84.